The number of anilines is 1. The van der Waals surface area contributed by atoms with Crippen molar-refractivity contribution in [2.75, 3.05) is 38.2 Å². The summed E-state index contributed by atoms with van der Waals surface area (Å²) in [4.78, 5) is 4.90. The maximum Gasteiger partial charge on any atom is 0.155 e. The molecule has 0 unspecified atom stereocenters. The highest BCUT2D eigenvalue weighted by atomic mass is 16.5. The van der Waals surface area contributed by atoms with Gasteiger partial charge in [0.1, 0.15) is 11.5 Å². The largest absolute Gasteiger partial charge is 0.507 e. The molecular formula is C22H28N4O2. The van der Waals surface area contributed by atoms with Crippen LogP contribution in [0.2, 0.25) is 0 Å². The molecular weight excluding hydrogens is 352 g/mol. The molecule has 2 aromatic rings. The lowest BCUT2D eigenvalue weighted by molar-refractivity contribution is 0.242. The third kappa shape index (κ3) is 2.82. The number of nitrogens with zero attached hydrogens (tertiary/aromatic N) is 4. The molecule has 1 fully saturated rings. The lowest BCUT2D eigenvalue weighted by Crippen LogP contribution is -2.49. The van der Waals surface area contributed by atoms with Crippen LogP contribution in [-0.2, 0) is 12.8 Å². The normalized spacial score (nSPS) is 21.9. The first kappa shape index (κ1) is 17.7. The summed E-state index contributed by atoms with van der Waals surface area (Å²) in [5.41, 5.74) is 4.90. The zero-order valence-electron chi connectivity index (χ0n) is 16.7. The Morgan fingerprint density at radius 2 is 2.00 bits per heavy atom. The second kappa shape index (κ2) is 6.92. The number of rotatable bonds is 2. The van der Waals surface area contributed by atoms with E-state index in [2.05, 4.69) is 34.0 Å². The molecule has 6 nitrogen and oxygen atoms in total. The summed E-state index contributed by atoms with van der Waals surface area (Å²) in [5.74, 6) is 2.14. The summed E-state index contributed by atoms with van der Waals surface area (Å²) in [6, 6.07) is 4.38. The molecule has 1 atom stereocenters. The van der Waals surface area contributed by atoms with Gasteiger partial charge >= 0.3 is 0 Å². The summed E-state index contributed by atoms with van der Waals surface area (Å²) >= 11 is 0. The minimum atomic E-state index is 0.300. The van der Waals surface area contributed by atoms with Gasteiger partial charge < -0.3 is 19.6 Å². The summed E-state index contributed by atoms with van der Waals surface area (Å²) in [5, 5.41) is 20.1. The lowest BCUT2D eigenvalue weighted by Gasteiger charge is -2.41. The first-order valence-corrected chi connectivity index (χ1v) is 10.4. The molecule has 5 rings (SSSR count). The van der Waals surface area contributed by atoms with Crippen LogP contribution >= 0.6 is 0 Å². The van der Waals surface area contributed by atoms with Gasteiger partial charge in [0.25, 0.3) is 0 Å². The number of hydrogen-bond donors (Lipinski definition) is 1. The van der Waals surface area contributed by atoms with Gasteiger partial charge in [0.15, 0.2) is 5.82 Å². The van der Waals surface area contributed by atoms with Gasteiger partial charge in [0.05, 0.1) is 12.3 Å². The SMILES string of the molecule is Cc1c(-c2ccc3c(c2O)CCO3)nnc2c1CCCN2[C@@H]1CCCN(C)C1. The quantitative estimate of drug-likeness (QED) is 0.864. The molecule has 0 aliphatic carbocycles. The Bertz CT molecular complexity index is 914. The Morgan fingerprint density at radius 3 is 2.86 bits per heavy atom. The maximum atomic E-state index is 10.8. The minimum Gasteiger partial charge on any atom is -0.507 e. The number of phenols is 1. The van der Waals surface area contributed by atoms with E-state index >= 15 is 0 Å². The average molecular weight is 380 g/mol. The summed E-state index contributed by atoms with van der Waals surface area (Å²) in [6.45, 7) is 6.09. The van der Waals surface area contributed by atoms with Crippen molar-refractivity contribution < 1.29 is 9.84 Å². The number of phenolic OH excluding ortho intramolecular Hbond substituents is 1. The molecule has 28 heavy (non-hydrogen) atoms. The molecule has 4 heterocycles. The van der Waals surface area contributed by atoms with Crippen molar-refractivity contribution in [2.24, 2.45) is 0 Å². The van der Waals surface area contributed by atoms with Gasteiger partial charge in [-0.05, 0) is 63.9 Å². The number of likely N-dealkylation sites (tertiary alicyclic amines) is 1. The van der Waals surface area contributed by atoms with Crippen LogP contribution in [0.5, 0.6) is 11.5 Å². The molecule has 0 spiro atoms. The Morgan fingerprint density at radius 1 is 1.11 bits per heavy atom. The molecule has 0 saturated carbocycles. The fraction of sp³-hybridized carbons (Fsp3) is 0.545. The Balaban J connectivity index is 1.54. The first-order valence-electron chi connectivity index (χ1n) is 10.4. The molecule has 0 radical (unpaired) electrons. The van der Waals surface area contributed by atoms with Crippen LogP contribution < -0.4 is 9.64 Å². The van der Waals surface area contributed by atoms with Gasteiger partial charge in [-0.1, -0.05) is 0 Å². The summed E-state index contributed by atoms with van der Waals surface area (Å²) in [6.07, 6.45) is 5.37. The topological polar surface area (TPSA) is 61.7 Å². The van der Waals surface area contributed by atoms with E-state index in [-0.39, 0.29) is 0 Å². The number of fused-ring (bicyclic) bond motifs is 2. The first-order chi connectivity index (χ1) is 13.6. The number of benzene rings is 1. The third-order valence-electron chi connectivity index (χ3n) is 6.57. The van der Waals surface area contributed by atoms with Crippen LogP contribution in [0, 0.1) is 6.92 Å². The highest BCUT2D eigenvalue weighted by Crippen LogP contribution is 2.42. The maximum absolute atomic E-state index is 10.8. The Hall–Kier alpha value is -2.34. The van der Waals surface area contributed by atoms with Gasteiger partial charge in [-0.25, -0.2) is 0 Å². The van der Waals surface area contributed by atoms with Crippen LogP contribution in [0.4, 0.5) is 5.82 Å². The molecule has 6 heteroatoms. The van der Waals surface area contributed by atoms with Gasteiger partial charge in [0.2, 0.25) is 0 Å². The third-order valence-corrected chi connectivity index (χ3v) is 6.57. The van der Waals surface area contributed by atoms with E-state index in [1.807, 2.05) is 12.1 Å². The summed E-state index contributed by atoms with van der Waals surface area (Å²) in [7, 11) is 2.21. The molecule has 0 bridgehead atoms. The van der Waals surface area contributed by atoms with Crippen molar-refractivity contribution in [3.8, 4) is 22.8 Å². The molecule has 1 N–H and O–H groups in total. The predicted molar refractivity (Wildman–Crippen MR) is 109 cm³/mol. The van der Waals surface area contributed by atoms with Crippen LogP contribution in [0.1, 0.15) is 36.0 Å². The zero-order chi connectivity index (χ0) is 19.3. The van der Waals surface area contributed by atoms with Gasteiger partial charge in [-0.3, -0.25) is 0 Å². The van der Waals surface area contributed by atoms with Crippen LogP contribution in [0.3, 0.4) is 0 Å². The van der Waals surface area contributed by atoms with E-state index in [0.29, 0.717) is 18.4 Å². The van der Waals surface area contributed by atoms with E-state index in [1.54, 1.807) is 0 Å². The second-order valence-corrected chi connectivity index (χ2v) is 8.37. The van der Waals surface area contributed by atoms with Crippen molar-refractivity contribution >= 4 is 5.82 Å². The molecule has 1 aromatic carbocycles. The fourth-order valence-electron chi connectivity index (χ4n) is 5.06. The molecule has 1 saturated heterocycles. The summed E-state index contributed by atoms with van der Waals surface area (Å²) < 4.78 is 5.57. The van der Waals surface area contributed by atoms with E-state index in [1.165, 1.54) is 24.9 Å². The molecule has 3 aliphatic heterocycles. The Kier molecular flexibility index (Phi) is 4.38. The van der Waals surface area contributed by atoms with E-state index in [0.717, 1.165) is 66.3 Å². The number of ether oxygens (including phenoxy) is 1. The highest BCUT2D eigenvalue weighted by Gasteiger charge is 2.31. The van der Waals surface area contributed by atoms with Crippen LogP contribution in [-0.4, -0.2) is 59.5 Å². The predicted octanol–water partition coefficient (Wildman–Crippen LogP) is 2.94. The van der Waals surface area contributed by atoms with E-state index in [9.17, 15) is 5.11 Å². The lowest BCUT2D eigenvalue weighted by atomic mass is 9.93. The number of piperidine rings is 1. The second-order valence-electron chi connectivity index (χ2n) is 8.37. The molecule has 0 amide bonds. The minimum absolute atomic E-state index is 0.300. The van der Waals surface area contributed by atoms with Crippen LogP contribution in [0.15, 0.2) is 12.1 Å². The zero-order valence-corrected chi connectivity index (χ0v) is 16.7. The van der Waals surface area contributed by atoms with Crippen molar-refractivity contribution in [1.29, 1.82) is 0 Å². The standard InChI is InChI=1S/C22H28N4O2/c1-14-16-6-4-11-26(15-5-3-10-25(2)13-15)22(16)24-23-20(14)18-7-8-19-17(21(18)27)9-12-28-19/h7-8,15,27H,3-6,9-13H2,1-2H3/t15-/m1/s1. The number of hydrogen-bond acceptors (Lipinski definition) is 6. The smallest absolute Gasteiger partial charge is 0.155 e. The van der Waals surface area contributed by atoms with E-state index < -0.39 is 0 Å². The van der Waals surface area contributed by atoms with Crippen molar-refractivity contribution in [3.63, 3.8) is 0 Å². The molecule has 3 aliphatic rings. The van der Waals surface area contributed by atoms with Gasteiger partial charge in [-0.15, -0.1) is 10.2 Å². The Labute approximate surface area is 166 Å². The molecule has 1 aromatic heterocycles. The fourth-order valence-corrected chi connectivity index (χ4v) is 5.06. The average Bonchev–Trinajstić information content (AvgIpc) is 3.19. The van der Waals surface area contributed by atoms with Crippen molar-refractivity contribution in [3.05, 3.63) is 28.8 Å². The highest BCUT2D eigenvalue weighted by molar-refractivity contribution is 5.75. The van der Waals surface area contributed by atoms with E-state index in [4.69, 9.17) is 4.74 Å². The van der Waals surface area contributed by atoms with Crippen molar-refractivity contribution in [2.45, 2.75) is 45.1 Å². The van der Waals surface area contributed by atoms with Crippen LogP contribution in [0.25, 0.3) is 11.3 Å². The monoisotopic (exact) mass is 380 g/mol. The van der Waals surface area contributed by atoms with Crippen molar-refractivity contribution in [1.82, 2.24) is 15.1 Å². The molecule has 148 valence electrons. The number of aromatic hydroxyl groups is 1. The van der Waals surface area contributed by atoms with Gasteiger partial charge in [0, 0.05) is 42.2 Å². The van der Waals surface area contributed by atoms with Gasteiger partial charge in [-0.2, -0.15) is 0 Å². The number of likely N-dealkylation sites (N-methyl/N-ethyl adjacent to an activating group) is 1. The number of aromatic nitrogens is 2.